The van der Waals surface area contributed by atoms with E-state index in [9.17, 15) is 0 Å². The number of nitrogens with zero attached hydrogens (tertiary/aromatic N) is 2. The molecule has 0 saturated carbocycles. The molecule has 2 rings (SSSR count). The smallest absolute Gasteiger partial charge is 0.130 e. The van der Waals surface area contributed by atoms with Gasteiger partial charge in [-0.2, -0.15) is 0 Å². The Morgan fingerprint density at radius 1 is 1.45 bits per heavy atom. The van der Waals surface area contributed by atoms with Crippen LogP contribution in [-0.2, 0) is 4.74 Å². The summed E-state index contributed by atoms with van der Waals surface area (Å²) in [5.74, 6) is 1.00. The van der Waals surface area contributed by atoms with Crippen LogP contribution < -0.4 is 4.90 Å². The van der Waals surface area contributed by atoms with Gasteiger partial charge in [0.2, 0.25) is 0 Å². The van der Waals surface area contributed by atoms with E-state index in [4.69, 9.17) is 4.74 Å². The fourth-order valence-corrected chi connectivity index (χ4v) is 1.14. The molecule has 0 radical (unpaired) electrons. The predicted molar refractivity (Wildman–Crippen MR) is 42.4 cm³/mol. The molecule has 1 aromatic heterocycles. The van der Waals surface area contributed by atoms with Gasteiger partial charge in [0, 0.05) is 12.7 Å². The Kier molecular flexibility index (Phi) is 1.73. The summed E-state index contributed by atoms with van der Waals surface area (Å²) >= 11 is 0. The molecule has 3 nitrogen and oxygen atoms in total. The topological polar surface area (TPSA) is 25.4 Å². The van der Waals surface area contributed by atoms with Gasteiger partial charge in [0.05, 0.1) is 6.61 Å². The normalized spacial score (nSPS) is 17.3. The van der Waals surface area contributed by atoms with E-state index in [0.29, 0.717) is 6.73 Å². The molecule has 1 aliphatic heterocycles. The van der Waals surface area contributed by atoms with Crippen molar-refractivity contribution in [1.82, 2.24) is 4.98 Å². The molecular weight excluding hydrogens is 140 g/mol. The summed E-state index contributed by atoms with van der Waals surface area (Å²) in [6, 6.07) is 5.90. The first-order valence-corrected chi connectivity index (χ1v) is 3.70. The number of ether oxygens (including phenoxy) is 1. The van der Waals surface area contributed by atoms with Gasteiger partial charge in [0.15, 0.2) is 0 Å². The average molecular weight is 150 g/mol. The lowest BCUT2D eigenvalue weighted by Crippen LogP contribution is -2.19. The number of anilines is 1. The van der Waals surface area contributed by atoms with E-state index < -0.39 is 0 Å². The van der Waals surface area contributed by atoms with Crippen LogP contribution in [0.4, 0.5) is 5.82 Å². The predicted octanol–water partition coefficient (Wildman–Crippen LogP) is 0.876. The maximum atomic E-state index is 5.20. The third-order valence-corrected chi connectivity index (χ3v) is 1.73. The molecule has 2 heterocycles. The molecule has 0 unspecified atom stereocenters. The Labute approximate surface area is 65.6 Å². The van der Waals surface area contributed by atoms with Gasteiger partial charge in [-0.05, 0) is 12.1 Å². The molecule has 0 N–H and O–H groups in total. The van der Waals surface area contributed by atoms with Crippen molar-refractivity contribution >= 4 is 5.82 Å². The second kappa shape index (κ2) is 2.88. The number of aromatic nitrogens is 1. The number of hydrogen-bond donors (Lipinski definition) is 0. The lowest BCUT2D eigenvalue weighted by molar-refractivity contribution is 0.201. The van der Waals surface area contributed by atoms with Crippen LogP contribution in [0.2, 0.25) is 0 Å². The fourth-order valence-electron chi connectivity index (χ4n) is 1.14. The van der Waals surface area contributed by atoms with Crippen molar-refractivity contribution in [2.75, 3.05) is 24.8 Å². The third-order valence-electron chi connectivity index (χ3n) is 1.73. The molecular formula is C8H10N2O. The maximum Gasteiger partial charge on any atom is 0.130 e. The lowest BCUT2D eigenvalue weighted by atomic mass is 10.4. The number of pyridine rings is 1. The minimum absolute atomic E-state index is 0.678. The van der Waals surface area contributed by atoms with Crippen LogP contribution in [-0.4, -0.2) is 24.9 Å². The van der Waals surface area contributed by atoms with Gasteiger partial charge in [0.1, 0.15) is 12.5 Å². The zero-order valence-electron chi connectivity index (χ0n) is 6.23. The van der Waals surface area contributed by atoms with Crippen molar-refractivity contribution in [2.45, 2.75) is 0 Å². The van der Waals surface area contributed by atoms with Crippen LogP contribution in [0, 0.1) is 0 Å². The van der Waals surface area contributed by atoms with Crippen molar-refractivity contribution in [1.29, 1.82) is 0 Å². The Bertz CT molecular complexity index is 219. The van der Waals surface area contributed by atoms with E-state index in [1.807, 2.05) is 18.2 Å². The Hall–Kier alpha value is -1.09. The summed E-state index contributed by atoms with van der Waals surface area (Å²) in [4.78, 5) is 6.32. The largest absolute Gasteiger partial charge is 0.359 e. The van der Waals surface area contributed by atoms with Crippen molar-refractivity contribution in [3.8, 4) is 0 Å². The molecule has 0 aliphatic carbocycles. The zero-order chi connectivity index (χ0) is 7.52. The monoisotopic (exact) mass is 150 g/mol. The Morgan fingerprint density at radius 2 is 2.45 bits per heavy atom. The van der Waals surface area contributed by atoms with Crippen molar-refractivity contribution in [3.63, 3.8) is 0 Å². The van der Waals surface area contributed by atoms with Crippen molar-refractivity contribution in [2.24, 2.45) is 0 Å². The van der Waals surface area contributed by atoms with Gasteiger partial charge < -0.3 is 9.64 Å². The summed E-state index contributed by atoms with van der Waals surface area (Å²) < 4.78 is 5.20. The van der Waals surface area contributed by atoms with E-state index in [-0.39, 0.29) is 0 Å². The minimum Gasteiger partial charge on any atom is -0.359 e. The third kappa shape index (κ3) is 1.33. The molecule has 1 saturated heterocycles. The first kappa shape index (κ1) is 6.61. The zero-order valence-corrected chi connectivity index (χ0v) is 6.23. The summed E-state index contributed by atoms with van der Waals surface area (Å²) in [5, 5.41) is 0. The van der Waals surface area contributed by atoms with Crippen molar-refractivity contribution in [3.05, 3.63) is 24.4 Å². The molecule has 11 heavy (non-hydrogen) atoms. The molecule has 0 aromatic carbocycles. The molecule has 58 valence electrons. The summed E-state index contributed by atoms with van der Waals surface area (Å²) in [7, 11) is 0. The van der Waals surface area contributed by atoms with E-state index >= 15 is 0 Å². The van der Waals surface area contributed by atoms with E-state index in [1.165, 1.54) is 0 Å². The maximum absolute atomic E-state index is 5.20. The first-order valence-electron chi connectivity index (χ1n) is 3.70. The molecule has 1 aliphatic rings. The van der Waals surface area contributed by atoms with Gasteiger partial charge in [0.25, 0.3) is 0 Å². The highest BCUT2D eigenvalue weighted by molar-refractivity contribution is 5.37. The standard InChI is InChI=1S/C8H10N2O/c1-2-4-9-8(3-1)10-5-6-11-7-10/h1-4H,5-7H2. The van der Waals surface area contributed by atoms with Crippen LogP contribution in [0.1, 0.15) is 0 Å². The lowest BCUT2D eigenvalue weighted by Gasteiger charge is -2.12. The number of rotatable bonds is 1. The van der Waals surface area contributed by atoms with Gasteiger partial charge in [-0.1, -0.05) is 6.07 Å². The Morgan fingerprint density at radius 3 is 3.09 bits per heavy atom. The Balaban J connectivity index is 2.16. The summed E-state index contributed by atoms with van der Waals surface area (Å²) in [6.07, 6.45) is 1.80. The summed E-state index contributed by atoms with van der Waals surface area (Å²) in [6.45, 7) is 2.45. The first-order chi connectivity index (χ1) is 5.47. The molecule has 0 spiro atoms. The van der Waals surface area contributed by atoms with Crippen LogP contribution in [0.5, 0.6) is 0 Å². The van der Waals surface area contributed by atoms with Crippen LogP contribution in [0.3, 0.4) is 0 Å². The number of hydrogen-bond acceptors (Lipinski definition) is 3. The average Bonchev–Trinajstić information content (AvgIpc) is 2.58. The van der Waals surface area contributed by atoms with E-state index in [0.717, 1.165) is 19.0 Å². The molecule has 0 bridgehead atoms. The van der Waals surface area contributed by atoms with E-state index in [1.54, 1.807) is 6.20 Å². The van der Waals surface area contributed by atoms with Gasteiger partial charge in [-0.3, -0.25) is 0 Å². The van der Waals surface area contributed by atoms with Crippen LogP contribution in [0.15, 0.2) is 24.4 Å². The van der Waals surface area contributed by atoms with Crippen molar-refractivity contribution < 1.29 is 4.74 Å². The van der Waals surface area contributed by atoms with Gasteiger partial charge in [-0.15, -0.1) is 0 Å². The molecule has 0 atom stereocenters. The van der Waals surface area contributed by atoms with Crippen LogP contribution >= 0.6 is 0 Å². The van der Waals surface area contributed by atoms with Crippen LogP contribution in [0.25, 0.3) is 0 Å². The van der Waals surface area contributed by atoms with E-state index in [2.05, 4.69) is 9.88 Å². The second-order valence-corrected chi connectivity index (χ2v) is 2.49. The molecule has 1 aromatic rings. The molecule has 1 fully saturated rings. The SMILES string of the molecule is c1ccc(N2CCOC2)nc1. The second-order valence-electron chi connectivity index (χ2n) is 2.49. The molecule has 0 amide bonds. The highest BCUT2D eigenvalue weighted by Gasteiger charge is 2.12. The van der Waals surface area contributed by atoms with Gasteiger partial charge >= 0.3 is 0 Å². The highest BCUT2D eigenvalue weighted by Crippen LogP contribution is 2.11. The molecule has 3 heteroatoms. The fraction of sp³-hybridized carbons (Fsp3) is 0.375. The quantitative estimate of drug-likeness (QED) is 0.594. The van der Waals surface area contributed by atoms with Gasteiger partial charge in [-0.25, -0.2) is 4.98 Å². The highest BCUT2D eigenvalue weighted by atomic mass is 16.5. The summed E-state index contributed by atoms with van der Waals surface area (Å²) in [5.41, 5.74) is 0. The minimum atomic E-state index is 0.678.